The second kappa shape index (κ2) is 9.69. The lowest BCUT2D eigenvalue weighted by molar-refractivity contribution is -0.124. The smallest absolute Gasteiger partial charge is 0.338 e. The summed E-state index contributed by atoms with van der Waals surface area (Å²) >= 11 is 0. The molecule has 0 aliphatic carbocycles. The number of carbonyl (C=O) groups excluding carboxylic acids is 2. The highest BCUT2D eigenvalue weighted by Crippen LogP contribution is 2.32. The summed E-state index contributed by atoms with van der Waals surface area (Å²) in [7, 11) is -3.87. The summed E-state index contributed by atoms with van der Waals surface area (Å²) in [6.07, 6.45) is 0. The Bertz CT molecular complexity index is 1050. The van der Waals surface area contributed by atoms with Crippen LogP contribution >= 0.6 is 0 Å². The van der Waals surface area contributed by atoms with Crippen molar-refractivity contribution in [3.63, 3.8) is 0 Å². The molecule has 0 atom stereocenters. The quantitative estimate of drug-likeness (QED) is 0.594. The molecular formula is C21H24N2O7S. The number of hydrogen-bond donors (Lipinski definition) is 2. The molecule has 166 valence electrons. The van der Waals surface area contributed by atoms with E-state index in [1.54, 1.807) is 6.07 Å². The summed E-state index contributed by atoms with van der Waals surface area (Å²) in [5.41, 5.74) is 0.458. The van der Waals surface area contributed by atoms with Crippen molar-refractivity contribution < 1.29 is 32.2 Å². The van der Waals surface area contributed by atoms with E-state index in [2.05, 4.69) is 10.0 Å². The van der Waals surface area contributed by atoms with Crippen molar-refractivity contribution in [2.24, 2.45) is 5.92 Å². The first-order valence-electron chi connectivity index (χ1n) is 9.71. The van der Waals surface area contributed by atoms with E-state index in [0.717, 1.165) is 0 Å². The molecule has 0 saturated carbocycles. The average molecular weight is 448 g/mol. The molecule has 2 aromatic carbocycles. The van der Waals surface area contributed by atoms with Gasteiger partial charge in [0, 0.05) is 18.3 Å². The zero-order valence-electron chi connectivity index (χ0n) is 17.2. The van der Waals surface area contributed by atoms with Crippen molar-refractivity contribution in [2.75, 3.05) is 31.1 Å². The van der Waals surface area contributed by atoms with Crippen LogP contribution in [0.25, 0.3) is 0 Å². The Labute approximate surface area is 180 Å². The number of carbonyl (C=O) groups is 2. The molecule has 1 aliphatic rings. The third-order valence-corrected chi connectivity index (χ3v) is 5.62. The summed E-state index contributed by atoms with van der Waals surface area (Å²) in [5, 5.41) is 2.65. The Morgan fingerprint density at radius 3 is 2.39 bits per heavy atom. The highest BCUT2D eigenvalue weighted by Gasteiger charge is 2.20. The Kier molecular flexibility index (Phi) is 7.01. The molecule has 0 radical (unpaired) electrons. The zero-order valence-corrected chi connectivity index (χ0v) is 18.0. The number of hydrogen-bond acceptors (Lipinski definition) is 7. The molecule has 0 spiro atoms. The molecule has 0 unspecified atom stereocenters. The second-order valence-electron chi connectivity index (χ2n) is 7.26. The van der Waals surface area contributed by atoms with Gasteiger partial charge in [-0.05, 0) is 42.3 Å². The van der Waals surface area contributed by atoms with Crippen LogP contribution in [0.5, 0.6) is 11.5 Å². The Morgan fingerprint density at radius 1 is 1.03 bits per heavy atom. The van der Waals surface area contributed by atoms with Gasteiger partial charge in [-0.1, -0.05) is 13.8 Å². The van der Waals surface area contributed by atoms with E-state index in [1.165, 1.54) is 36.4 Å². The second-order valence-corrected chi connectivity index (χ2v) is 8.94. The normalized spacial score (nSPS) is 12.9. The highest BCUT2D eigenvalue weighted by molar-refractivity contribution is 7.92. The van der Waals surface area contributed by atoms with Crippen molar-refractivity contribution in [1.82, 2.24) is 5.32 Å². The lowest BCUT2D eigenvalue weighted by Crippen LogP contribution is -2.31. The van der Waals surface area contributed by atoms with Gasteiger partial charge in [-0.15, -0.1) is 0 Å². The first-order valence-corrected chi connectivity index (χ1v) is 11.2. The fourth-order valence-electron chi connectivity index (χ4n) is 2.66. The molecule has 0 aromatic heterocycles. The van der Waals surface area contributed by atoms with Crippen molar-refractivity contribution in [3.05, 3.63) is 48.0 Å². The van der Waals surface area contributed by atoms with Gasteiger partial charge in [-0.25, -0.2) is 13.2 Å². The van der Waals surface area contributed by atoms with E-state index in [1.807, 2.05) is 13.8 Å². The predicted molar refractivity (Wildman–Crippen MR) is 113 cm³/mol. The van der Waals surface area contributed by atoms with Gasteiger partial charge in [0.2, 0.25) is 0 Å². The van der Waals surface area contributed by atoms with Crippen LogP contribution < -0.4 is 19.5 Å². The van der Waals surface area contributed by atoms with E-state index in [9.17, 15) is 18.0 Å². The van der Waals surface area contributed by atoms with E-state index in [-0.39, 0.29) is 34.6 Å². The first kappa shape index (κ1) is 22.4. The molecular weight excluding hydrogens is 424 g/mol. The highest BCUT2D eigenvalue weighted by atomic mass is 32.2. The summed E-state index contributed by atoms with van der Waals surface area (Å²) in [4.78, 5) is 23.7. The average Bonchev–Trinajstić information content (AvgIpc) is 2.76. The first-order chi connectivity index (χ1) is 14.7. The van der Waals surface area contributed by atoms with Gasteiger partial charge >= 0.3 is 5.97 Å². The van der Waals surface area contributed by atoms with Gasteiger partial charge in [0.05, 0.1) is 10.5 Å². The predicted octanol–water partition coefficient (Wildman–Crippen LogP) is 2.19. The van der Waals surface area contributed by atoms with Crippen LogP contribution in [0.4, 0.5) is 5.69 Å². The van der Waals surface area contributed by atoms with Gasteiger partial charge in [0.1, 0.15) is 13.2 Å². The van der Waals surface area contributed by atoms with Crippen LogP contribution in [0.15, 0.2) is 47.4 Å². The third kappa shape index (κ3) is 6.11. The minimum absolute atomic E-state index is 0.0210. The van der Waals surface area contributed by atoms with Crippen LogP contribution in [-0.4, -0.2) is 46.7 Å². The van der Waals surface area contributed by atoms with Gasteiger partial charge < -0.3 is 19.5 Å². The zero-order chi connectivity index (χ0) is 22.4. The number of esters is 1. The number of fused-ring (bicyclic) bond motifs is 1. The maximum absolute atomic E-state index is 12.6. The summed E-state index contributed by atoms with van der Waals surface area (Å²) in [6.45, 7) is 4.78. The fraction of sp³-hybridized carbons (Fsp3) is 0.333. The largest absolute Gasteiger partial charge is 0.486 e. The number of rotatable bonds is 8. The molecule has 0 bridgehead atoms. The van der Waals surface area contributed by atoms with Crippen molar-refractivity contribution >= 4 is 27.6 Å². The minimum atomic E-state index is -3.87. The Morgan fingerprint density at radius 2 is 1.71 bits per heavy atom. The SMILES string of the molecule is CC(C)CNC(=O)COC(=O)c1ccc(NS(=O)(=O)c2ccc3c(c2)OCCO3)cc1. The molecule has 9 nitrogen and oxygen atoms in total. The minimum Gasteiger partial charge on any atom is -0.486 e. The van der Waals surface area contributed by atoms with Gasteiger partial charge in [0.15, 0.2) is 18.1 Å². The molecule has 10 heteroatoms. The van der Waals surface area contributed by atoms with E-state index < -0.39 is 16.0 Å². The standard InChI is InChI=1S/C21H24N2O7S/c1-14(2)12-22-20(24)13-30-21(25)15-3-5-16(6-4-15)23-31(26,27)17-7-8-18-19(11-17)29-10-9-28-18/h3-8,11,14,23H,9-10,12-13H2,1-2H3,(H,22,24). The van der Waals surface area contributed by atoms with E-state index >= 15 is 0 Å². The van der Waals surface area contributed by atoms with Gasteiger partial charge in [-0.2, -0.15) is 0 Å². The van der Waals surface area contributed by atoms with Crippen LogP contribution in [0.2, 0.25) is 0 Å². The fourth-order valence-corrected chi connectivity index (χ4v) is 3.74. The van der Waals surface area contributed by atoms with E-state index in [4.69, 9.17) is 14.2 Å². The maximum Gasteiger partial charge on any atom is 0.338 e. The van der Waals surface area contributed by atoms with Crippen molar-refractivity contribution in [2.45, 2.75) is 18.7 Å². The van der Waals surface area contributed by atoms with Crippen LogP contribution in [-0.2, 0) is 19.6 Å². The molecule has 1 amide bonds. The number of anilines is 1. The molecule has 0 saturated heterocycles. The molecule has 2 N–H and O–H groups in total. The van der Waals surface area contributed by atoms with E-state index in [0.29, 0.717) is 31.3 Å². The van der Waals surface area contributed by atoms with Crippen LogP contribution in [0.1, 0.15) is 24.2 Å². The number of nitrogens with one attached hydrogen (secondary N) is 2. The number of sulfonamides is 1. The summed E-state index contributed by atoms with van der Waals surface area (Å²) in [6, 6.07) is 10.1. The molecule has 2 aromatic rings. The lowest BCUT2D eigenvalue weighted by Gasteiger charge is -2.19. The van der Waals surface area contributed by atoms with Crippen LogP contribution in [0.3, 0.4) is 0 Å². The monoisotopic (exact) mass is 448 g/mol. The number of amides is 1. The van der Waals surface area contributed by atoms with Crippen molar-refractivity contribution in [3.8, 4) is 11.5 Å². The maximum atomic E-state index is 12.6. The number of ether oxygens (including phenoxy) is 3. The molecule has 31 heavy (non-hydrogen) atoms. The third-order valence-electron chi connectivity index (χ3n) is 4.24. The Balaban J connectivity index is 1.59. The van der Waals surface area contributed by atoms with Crippen molar-refractivity contribution in [1.29, 1.82) is 0 Å². The molecule has 0 fully saturated rings. The van der Waals surface area contributed by atoms with Gasteiger partial charge in [0.25, 0.3) is 15.9 Å². The number of benzene rings is 2. The molecule has 1 heterocycles. The van der Waals surface area contributed by atoms with Gasteiger partial charge in [-0.3, -0.25) is 9.52 Å². The summed E-state index contributed by atoms with van der Waals surface area (Å²) < 4.78 is 43.5. The lowest BCUT2D eigenvalue weighted by atomic mass is 10.2. The summed E-state index contributed by atoms with van der Waals surface area (Å²) in [5.74, 6) is 0.0838. The molecule has 1 aliphatic heterocycles. The Hall–Kier alpha value is -3.27. The van der Waals surface area contributed by atoms with Crippen LogP contribution in [0, 0.1) is 5.92 Å². The topological polar surface area (TPSA) is 120 Å². The molecule has 3 rings (SSSR count).